The van der Waals surface area contributed by atoms with Crippen molar-refractivity contribution in [2.75, 3.05) is 19.5 Å². The van der Waals surface area contributed by atoms with Crippen molar-refractivity contribution in [3.05, 3.63) is 41.6 Å². The average Bonchev–Trinajstić information content (AvgIpc) is 2.45. The normalized spacial score (nSPS) is 10.7. The highest BCUT2D eigenvalue weighted by Gasteiger charge is 2.00. The van der Waals surface area contributed by atoms with Crippen LogP contribution in [-0.2, 0) is 0 Å². The summed E-state index contributed by atoms with van der Waals surface area (Å²) < 4.78 is 10.4. The summed E-state index contributed by atoms with van der Waals surface area (Å²) in [4.78, 5) is 8.14. The molecular weight excluding hydrogens is 254 g/mol. The second-order valence-electron chi connectivity index (χ2n) is 4.03. The second-order valence-corrected chi connectivity index (χ2v) is 4.03. The van der Waals surface area contributed by atoms with Crippen LogP contribution in [0.4, 0.5) is 5.95 Å². The Hall–Kier alpha value is -2.56. The molecule has 2 rings (SSSR count). The van der Waals surface area contributed by atoms with E-state index in [-0.39, 0.29) is 5.95 Å². The minimum atomic E-state index is 0.199. The van der Waals surface area contributed by atoms with E-state index in [0.29, 0.717) is 18.2 Å². The molecule has 2 aromatic rings. The number of methoxy groups -OCH3 is 1. The monoisotopic (exact) mass is 271 g/mol. The van der Waals surface area contributed by atoms with Crippen LogP contribution in [0.5, 0.6) is 11.6 Å². The summed E-state index contributed by atoms with van der Waals surface area (Å²) in [5.41, 5.74) is 7.39. The van der Waals surface area contributed by atoms with Gasteiger partial charge < -0.3 is 15.2 Å². The highest BCUT2D eigenvalue weighted by Crippen LogP contribution is 2.15. The van der Waals surface area contributed by atoms with E-state index in [9.17, 15) is 0 Å². The average molecular weight is 271 g/mol. The SMILES string of the molecule is CCOc1cc(C=Cc2ccc(OC)cc2)nc(N)n1. The molecule has 0 aliphatic rings. The van der Waals surface area contributed by atoms with Crippen LogP contribution < -0.4 is 15.2 Å². The molecule has 0 saturated heterocycles. The topological polar surface area (TPSA) is 70.3 Å². The number of nitrogens with zero attached hydrogens (tertiary/aromatic N) is 2. The molecule has 0 spiro atoms. The molecule has 0 saturated carbocycles. The lowest BCUT2D eigenvalue weighted by atomic mass is 10.2. The minimum Gasteiger partial charge on any atom is -0.497 e. The number of aromatic nitrogens is 2. The van der Waals surface area contributed by atoms with E-state index < -0.39 is 0 Å². The van der Waals surface area contributed by atoms with E-state index in [1.807, 2.05) is 43.3 Å². The molecule has 0 aliphatic carbocycles. The number of hydrogen-bond acceptors (Lipinski definition) is 5. The van der Waals surface area contributed by atoms with E-state index in [2.05, 4.69) is 9.97 Å². The fraction of sp³-hybridized carbons (Fsp3) is 0.200. The Morgan fingerprint density at radius 2 is 1.90 bits per heavy atom. The molecule has 5 nitrogen and oxygen atoms in total. The molecular formula is C15H17N3O2. The largest absolute Gasteiger partial charge is 0.497 e. The summed E-state index contributed by atoms with van der Waals surface area (Å²) in [5, 5.41) is 0. The van der Waals surface area contributed by atoms with Gasteiger partial charge in [0.1, 0.15) is 5.75 Å². The van der Waals surface area contributed by atoms with Gasteiger partial charge in [0.15, 0.2) is 0 Å². The van der Waals surface area contributed by atoms with Crippen LogP contribution in [0.1, 0.15) is 18.2 Å². The Bertz CT molecular complexity index is 595. The highest BCUT2D eigenvalue weighted by atomic mass is 16.5. The van der Waals surface area contributed by atoms with Gasteiger partial charge in [0.2, 0.25) is 11.8 Å². The van der Waals surface area contributed by atoms with Gasteiger partial charge in [0, 0.05) is 6.07 Å². The van der Waals surface area contributed by atoms with E-state index in [1.165, 1.54) is 0 Å². The summed E-state index contributed by atoms with van der Waals surface area (Å²) >= 11 is 0. The first-order chi connectivity index (χ1) is 9.71. The Labute approximate surface area is 118 Å². The number of anilines is 1. The first-order valence-electron chi connectivity index (χ1n) is 6.30. The van der Waals surface area contributed by atoms with E-state index in [0.717, 1.165) is 11.3 Å². The third kappa shape index (κ3) is 3.71. The molecule has 104 valence electrons. The fourth-order valence-electron chi connectivity index (χ4n) is 1.67. The lowest BCUT2D eigenvalue weighted by Gasteiger charge is -2.03. The molecule has 0 bridgehead atoms. The van der Waals surface area contributed by atoms with Crippen LogP contribution in [0.2, 0.25) is 0 Å². The smallest absolute Gasteiger partial charge is 0.223 e. The van der Waals surface area contributed by atoms with Crippen molar-refractivity contribution in [2.45, 2.75) is 6.92 Å². The zero-order valence-electron chi connectivity index (χ0n) is 11.5. The Morgan fingerprint density at radius 1 is 1.15 bits per heavy atom. The van der Waals surface area contributed by atoms with Gasteiger partial charge in [-0.05, 0) is 30.7 Å². The lowest BCUT2D eigenvalue weighted by Crippen LogP contribution is -2.01. The third-order valence-corrected chi connectivity index (χ3v) is 2.59. The first kappa shape index (κ1) is 13.9. The number of hydrogen-bond donors (Lipinski definition) is 1. The van der Waals surface area contributed by atoms with Gasteiger partial charge in [-0.25, -0.2) is 4.98 Å². The molecule has 0 unspecified atom stereocenters. The molecule has 1 aromatic heterocycles. The Balaban J connectivity index is 2.17. The number of ether oxygens (including phenoxy) is 2. The zero-order valence-corrected chi connectivity index (χ0v) is 11.5. The minimum absolute atomic E-state index is 0.199. The van der Waals surface area contributed by atoms with Crippen molar-refractivity contribution in [3.8, 4) is 11.6 Å². The van der Waals surface area contributed by atoms with Gasteiger partial charge in [-0.1, -0.05) is 18.2 Å². The molecule has 20 heavy (non-hydrogen) atoms. The van der Waals surface area contributed by atoms with Crippen molar-refractivity contribution in [1.29, 1.82) is 0 Å². The predicted molar refractivity (Wildman–Crippen MR) is 79.5 cm³/mol. The second kappa shape index (κ2) is 6.56. The molecule has 0 aliphatic heterocycles. The Morgan fingerprint density at radius 3 is 2.55 bits per heavy atom. The number of benzene rings is 1. The third-order valence-electron chi connectivity index (χ3n) is 2.59. The van der Waals surface area contributed by atoms with Crippen LogP contribution in [0.25, 0.3) is 12.2 Å². The summed E-state index contributed by atoms with van der Waals surface area (Å²) in [6, 6.07) is 9.48. The summed E-state index contributed by atoms with van der Waals surface area (Å²) in [7, 11) is 1.64. The Kier molecular flexibility index (Phi) is 4.55. The van der Waals surface area contributed by atoms with Crippen molar-refractivity contribution in [3.63, 3.8) is 0 Å². The van der Waals surface area contributed by atoms with Crippen LogP contribution in [0, 0.1) is 0 Å². The molecule has 0 amide bonds. The van der Waals surface area contributed by atoms with Gasteiger partial charge in [0.25, 0.3) is 0 Å². The van der Waals surface area contributed by atoms with Gasteiger partial charge in [0.05, 0.1) is 19.4 Å². The molecule has 0 radical (unpaired) electrons. The van der Waals surface area contributed by atoms with Crippen molar-refractivity contribution in [2.24, 2.45) is 0 Å². The standard InChI is InChI=1S/C15H17N3O2/c1-3-20-14-10-12(17-15(16)18-14)7-4-11-5-8-13(19-2)9-6-11/h4-10H,3H2,1-2H3,(H2,16,17,18). The molecule has 1 aromatic carbocycles. The predicted octanol–water partition coefficient (Wildman–Crippen LogP) is 2.64. The molecule has 0 atom stereocenters. The van der Waals surface area contributed by atoms with Crippen LogP contribution >= 0.6 is 0 Å². The number of nitrogens with two attached hydrogens (primary N) is 1. The number of rotatable bonds is 5. The van der Waals surface area contributed by atoms with Gasteiger partial charge in [-0.15, -0.1) is 0 Å². The highest BCUT2D eigenvalue weighted by molar-refractivity contribution is 5.68. The van der Waals surface area contributed by atoms with Crippen LogP contribution in [-0.4, -0.2) is 23.7 Å². The van der Waals surface area contributed by atoms with Gasteiger partial charge in [-0.2, -0.15) is 4.98 Å². The summed E-state index contributed by atoms with van der Waals surface area (Å²) in [6.45, 7) is 2.43. The maximum absolute atomic E-state index is 5.64. The molecule has 0 fully saturated rings. The van der Waals surface area contributed by atoms with E-state index in [4.69, 9.17) is 15.2 Å². The summed E-state index contributed by atoms with van der Waals surface area (Å²) in [6.07, 6.45) is 3.80. The van der Waals surface area contributed by atoms with Crippen molar-refractivity contribution in [1.82, 2.24) is 9.97 Å². The quantitative estimate of drug-likeness (QED) is 0.905. The maximum Gasteiger partial charge on any atom is 0.223 e. The zero-order chi connectivity index (χ0) is 14.4. The molecule has 2 N–H and O–H groups in total. The fourth-order valence-corrected chi connectivity index (χ4v) is 1.67. The van der Waals surface area contributed by atoms with Crippen LogP contribution in [0.3, 0.4) is 0 Å². The molecule has 5 heteroatoms. The van der Waals surface area contributed by atoms with Gasteiger partial charge in [-0.3, -0.25) is 0 Å². The maximum atomic E-state index is 5.64. The van der Waals surface area contributed by atoms with E-state index >= 15 is 0 Å². The summed E-state index contributed by atoms with van der Waals surface area (Å²) in [5.74, 6) is 1.51. The molecule has 1 heterocycles. The van der Waals surface area contributed by atoms with Crippen molar-refractivity contribution < 1.29 is 9.47 Å². The first-order valence-corrected chi connectivity index (χ1v) is 6.30. The number of nitrogen functional groups attached to an aromatic ring is 1. The lowest BCUT2D eigenvalue weighted by molar-refractivity contribution is 0.326. The van der Waals surface area contributed by atoms with Crippen LogP contribution in [0.15, 0.2) is 30.3 Å². The van der Waals surface area contributed by atoms with Gasteiger partial charge >= 0.3 is 0 Å². The van der Waals surface area contributed by atoms with E-state index in [1.54, 1.807) is 13.2 Å². The van der Waals surface area contributed by atoms with Crippen molar-refractivity contribution >= 4 is 18.1 Å².